The highest BCUT2D eigenvalue weighted by molar-refractivity contribution is 7.80. The van der Waals surface area contributed by atoms with Gasteiger partial charge in [0.15, 0.2) is 0 Å². The van der Waals surface area contributed by atoms with Crippen LogP contribution in [0.1, 0.15) is 23.6 Å². The molecule has 3 heteroatoms. The highest BCUT2D eigenvalue weighted by atomic mass is 32.1. The van der Waals surface area contributed by atoms with Crippen molar-refractivity contribution in [3.63, 3.8) is 0 Å². The van der Waals surface area contributed by atoms with Crippen molar-refractivity contribution < 1.29 is 0 Å². The lowest BCUT2D eigenvalue weighted by Gasteiger charge is -2.23. The predicted molar refractivity (Wildman–Crippen MR) is 90.2 cm³/mol. The molecule has 0 fully saturated rings. The summed E-state index contributed by atoms with van der Waals surface area (Å²) in [6, 6.07) is 16.8. The van der Waals surface area contributed by atoms with Crippen molar-refractivity contribution >= 4 is 22.9 Å². The van der Waals surface area contributed by atoms with Crippen LogP contribution >= 0.6 is 12.2 Å². The Morgan fingerprint density at radius 3 is 2.15 bits per heavy atom. The number of thiocarbonyl (C=S) groups is 1. The van der Waals surface area contributed by atoms with Gasteiger partial charge in [0.25, 0.3) is 0 Å². The van der Waals surface area contributed by atoms with E-state index in [1.807, 2.05) is 12.1 Å². The zero-order valence-electron chi connectivity index (χ0n) is 12.0. The fraction of sp³-hybridized carbons (Fsp3) is 0.235. The van der Waals surface area contributed by atoms with Crippen LogP contribution in [-0.2, 0) is 6.54 Å². The van der Waals surface area contributed by atoms with Gasteiger partial charge in [0.05, 0.1) is 0 Å². The molecule has 2 aromatic rings. The zero-order chi connectivity index (χ0) is 14.5. The Bertz CT molecular complexity index is 573. The molecule has 0 bridgehead atoms. The molecule has 20 heavy (non-hydrogen) atoms. The SMILES string of the molecule is CCN(Cc1ccc(C(N)=S)cc1)c1ccc(C)cc1. The summed E-state index contributed by atoms with van der Waals surface area (Å²) in [5, 5.41) is 0. The molecule has 0 amide bonds. The van der Waals surface area contributed by atoms with E-state index < -0.39 is 0 Å². The highest BCUT2D eigenvalue weighted by Crippen LogP contribution is 2.18. The van der Waals surface area contributed by atoms with Gasteiger partial charge in [-0.3, -0.25) is 0 Å². The Labute approximate surface area is 126 Å². The summed E-state index contributed by atoms with van der Waals surface area (Å²) in [5.74, 6) is 0. The Balaban J connectivity index is 2.13. The van der Waals surface area contributed by atoms with Crippen molar-refractivity contribution in [1.82, 2.24) is 0 Å². The third kappa shape index (κ3) is 3.58. The molecule has 0 heterocycles. The van der Waals surface area contributed by atoms with Gasteiger partial charge < -0.3 is 10.6 Å². The number of aryl methyl sites for hydroxylation is 1. The molecule has 0 aliphatic carbocycles. The first-order valence-electron chi connectivity index (χ1n) is 6.80. The summed E-state index contributed by atoms with van der Waals surface area (Å²) in [6.45, 7) is 6.13. The molecule has 2 rings (SSSR count). The second-order valence-corrected chi connectivity index (χ2v) is 5.35. The molecule has 0 spiro atoms. The van der Waals surface area contributed by atoms with E-state index in [1.54, 1.807) is 0 Å². The van der Waals surface area contributed by atoms with Gasteiger partial charge in [0.1, 0.15) is 4.99 Å². The van der Waals surface area contributed by atoms with Crippen LogP contribution < -0.4 is 10.6 Å². The fourth-order valence-electron chi connectivity index (χ4n) is 2.14. The van der Waals surface area contributed by atoms with Crippen LogP contribution in [0.3, 0.4) is 0 Å². The third-order valence-corrected chi connectivity index (χ3v) is 3.63. The number of benzene rings is 2. The topological polar surface area (TPSA) is 29.3 Å². The van der Waals surface area contributed by atoms with E-state index in [9.17, 15) is 0 Å². The van der Waals surface area contributed by atoms with E-state index in [0.717, 1.165) is 18.7 Å². The van der Waals surface area contributed by atoms with Crippen LogP contribution in [0.15, 0.2) is 48.5 Å². The number of nitrogens with zero attached hydrogens (tertiary/aromatic N) is 1. The van der Waals surface area contributed by atoms with Gasteiger partial charge in [0.2, 0.25) is 0 Å². The van der Waals surface area contributed by atoms with Crippen molar-refractivity contribution in [3.05, 3.63) is 65.2 Å². The predicted octanol–water partition coefficient (Wildman–Crippen LogP) is 3.66. The van der Waals surface area contributed by atoms with Gasteiger partial charge in [-0.15, -0.1) is 0 Å². The van der Waals surface area contributed by atoms with Gasteiger partial charge in [0, 0.05) is 24.3 Å². The molecule has 2 aromatic carbocycles. The monoisotopic (exact) mass is 284 g/mol. The number of anilines is 1. The molecule has 0 aromatic heterocycles. The van der Waals surface area contributed by atoms with E-state index >= 15 is 0 Å². The second kappa shape index (κ2) is 6.53. The van der Waals surface area contributed by atoms with Crippen LogP contribution in [0.4, 0.5) is 5.69 Å². The van der Waals surface area contributed by atoms with Crippen LogP contribution in [-0.4, -0.2) is 11.5 Å². The van der Waals surface area contributed by atoms with Crippen molar-refractivity contribution in [2.75, 3.05) is 11.4 Å². The summed E-state index contributed by atoms with van der Waals surface area (Å²) in [7, 11) is 0. The summed E-state index contributed by atoms with van der Waals surface area (Å²) in [5.41, 5.74) is 10.3. The molecule has 0 saturated heterocycles. The standard InChI is InChI=1S/C17H20N2S/c1-3-19(16-10-4-13(2)5-11-16)12-14-6-8-15(9-7-14)17(18)20/h4-11H,3,12H2,1-2H3,(H2,18,20). The van der Waals surface area contributed by atoms with E-state index in [2.05, 4.69) is 55.1 Å². The van der Waals surface area contributed by atoms with E-state index in [1.165, 1.54) is 16.8 Å². The molecule has 2 nitrogen and oxygen atoms in total. The molecule has 0 saturated carbocycles. The molecule has 2 N–H and O–H groups in total. The van der Waals surface area contributed by atoms with Crippen LogP contribution in [0.25, 0.3) is 0 Å². The summed E-state index contributed by atoms with van der Waals surface area (Å²) in [6.07, 6.45) is 0. The lowest BCUT2D eigenvalue weighted by atomic mass is 10.1. The van der Waals surface area contributed by atoms with Crippen LogP contribution in [0.2, 0.25) is 0 Å². The third-order valence-electron chi connectivity index (χ3n) is 3.39. The van der Waals surface area contributed by atoms with E-state index in [4.69, 9.17) is 18.0 Å². The first kappa shape index (κ1) is 14.5. The highest BCUT2D eigenvalue weighted by Gasteiger charge is 2.05. The maximum absolute atomic E-state index is 5.62. The Morgan fingerprint density at radius 2 is 1.65 bits per heavy atom. The Morgan fingerprint density at radius 1 is 1.05 bits per heavy atom. The number of nitrogens with two attached hydrogens (primary N) is 1. The first-order chi connectivity index (χ1) is 9.60. The minimum Gasteiger partial charge on any atom is -0.389 e. The van der Waals surface area contributed by atoms with Gasteiger partial charge in [-0.1, -0.05) is 54.2 Å². The normalized spacial score (nSPS) is 10.3. The zero-order valence-corrected chi connectivity index (χ0v) is 12.8. The average molecular weight is 284 g/mol. The fourth-order valence-corrected chi connectivity index (χ4v) is 2.27. The maximum Gasteiger partial charge on any atom is 0.103 e. The quantitative estimate of drug-likeness (QED) is 0.850. The largest absolute Gasteiger partial charge is 0.389 e. The van der Waals surface area contributed by atoms with Crippen molar-refractivity contribution in [3.8, 4) is 0 Å². The lowest BCUT2D eigenvalue weighted by molar-refractivity contribution is 0.831. The second-order valence-electron chi connectivity index (χ2n) is 4.91. The Hall–Kier alpha value is -1.87. The molecular weight excluding hydrogens is 264 g/mol. The molecule has 0 unspecified atom stereocenters. The Kier molecular flexibility index (Phi) is 4.74. The van der Waals surface area contributed by atoms with Gasteiger partial charge in [-0.25, -0.2) is 0 Å². The average Bonchev–Trinajstić information content (AvgIpc) is 2.46. The number of hydrogen-bond donors (Lipinski definition) is 1. The number of rotatable bonds is 5. The lowest BCUT2D eigenvalue weighted by Crippen LogP contribution is -2.22. The smallest absolute Gasteiger partial charge is 0.103 e. The van der Waals surface area contributed by atoms with Gasteiger partial charge in [-0.2, -0.15) is 0 Å². The van der Waals surface area contributed by atoms with Gasteiger partial charge in [-0.05, 0) is 31.5 Å². The molecule has 0 atom stereocenters. The summed E-state index contributed by atoms with van der Waals surface area (Å²) in [4.78, 5) is 2.79. The number of hydrogen-bond acceptors (Lipinski definition) is 2. The van der Waals surface area contributed by atoms with Crippen LogP contribution in [0.5, 0.6) is 0 Å². The van der Waals surface area contributed by atoms with E-state index in [-0.39, 0.29) is 0 Å². The van der Waals surface area contributed by atoms with Gasteiger partial charge >= 0.3 is 0 Å². The van der Waals surface area contributed by atoms with E-state index in [0.29, 0.717) is 4.99 Å². The molecule has 104 valence electrons. The first-order valence-corrected chi connectivity index (χ1v) is 7.21. The molecule has 0 aliphatic rings. The molecular formula is C17H20N2S. The van der Waals surface area contributed by atoms with Crippen LogP contribution in [0, 0.1) is 6.92 Å². The summed E-state index contributed by atoms with van der Waals surface area (Å²) >= 11 is 4.97. The van der Waals surface area contributed by atoms with Crippen molar-refractivity contribution in [2.24, 2.45) is 5.73 Å². The van der Waals surface area contributed by atoms with Crippen molar-refractivity contribution in [2.45, 2.75) is 20.4 Å². The molecule has 0 aliphatic heterocycles. The minimum absolute atomic E-state index is 0.447. The molecule has 0 radical (unpaired) electrons. The van der Waals surface area contributed by atoms with Crippen molar-refractivity contribution in [1.29, 1.82) is 0 Å². The maximum atomic E-state index is 5.62. The minimum atomic E-state index is 0.447. The summed E-state index contributed by atoms with van der Waals surface area (Å²) < 4.78 is 0.